The number of benzene rings is 1. The summed E-state index contributed by atoms with van der Waals surface area (Å²) in [6.45, 7) is 4.03. The summed E-state index contributed by atoms with van der Waals surface area (Å²) in [5, 5.41) is 3.67. The van der Waals surface area contributed by atoms with Gasteiger partial charge in [0.15, 0.2) is 0 Å². The minimum Gasteiger partial charge on any atom is -0.492 e. The molecule has 0 amide bonds. The molecule has 0 saturated heterocycles. The Morgan fingerprint density at radius 2 is 1.95 bits per heavy atom. The van der Waals surface area contributed by atoms with E-state index in [4.69, 9.17) is 4.74 Å². The zero-order valence-corrected chi connectivity index (χ0v) is 12.8. The third-order valence-corrected chi connectivity index (χ3v) is 4.33. The number of rotatable bonds is 7. The van der Waals surface area contributed by atoms with Crippen molar-refractivity contribution in [1.29, 1.82) is 0 Å². The molecule has 1 aliphatic carbocycles. The van der Waals surface area contributed by atoms with Crippen LogP contribution in [0.5, 0.6) is 5.75 Å². The molecular formula is C18H29NO. The summed E-state index contributed by atoms with van der Waals surface area (Å²) in [4.78, 5) is 0. The molecule has 112 valence electrons. The minimum atomic E-state index is 0.705. The molecule has 0 radical (unpaired) electrons. The van der Waals surface area contributed by atoms with Crippen LogP contribution in [0.2, 0.25) is 0 Å². The van der Waals surface area contributed by atoms with Crippen molar-refractivity contribution in [2.24, 2.45) is 5.92 Å². The first-order valence-electron chi connectivity index (χ1n) is 8.29. The Morgan fingerprint density at radius 1 is 1.10 bits per heavy atom. The zero-order valence-electron chi connectivity index (χ0n) is 12.8. The topological polar surface area (TPSA) is 21.3 Å². The van der Waals surface area contributed by atoms with E-state index in [9.17, 15) is 0 Å². The van der Waals surface area contributed by atoms with Gasteiger partial charge < -0.3 is 10.1 Å². The van der Waals surface area contributed by atoms with E-state index in [2.05, 4.69) is 12.2 Å². The van der Waals surface area contributed by atoms with Gasteiger partial charge in [0.2, 0.25) is 0 Å². The van der Waals surface area contributed by atoms with Crippen molar-refractivity contribution >= 4 is 0 Å². The molecule has 1 fully saturated rings. The van der Waals surface area contributed by atoms with Gasteiger partial charge >= 0.3 is 0 Å². The van der Waals surface area contributed by atoms with Crippen LogP contribution in [0.1, 0.15) is 51.9 Å². The predicted molar refractivity (Wildman–Crippen MR) is 85.2 cm³/mol. The molecule has 1 aromatic carbocycles. The molecule has 0 aromatic heterocycles. The van der Waals surface area contributed by atoms with Crippen LogP contribution in [0, 0.1) is 5.92 Å². The lowest BCUT2D eigenvalue weighted by atomic mass is 9.95. The molecule has 0 aliphatic heterocycles. The Bertz CT molecular complexity index is 352. The number of para-hydroxylation sites is 1. The first-order chi connectivity index (χ1) is 9.88. The molecule has 1 N–H and O–H groups in total. The monoisotopic (exact) mass is 275 g/mol. The minimum absolute atomic E-state index is 0.705. The molecule has 0 heterocycles. The van der Waals surface area contributed by atoms with E-state index < -0.39 is 0 Å². The van der Waals surface area contributed by atoms with Crippen molar-refractivity contribution in [2.45, 2.75) is 57.9 Å². The molecule has 2 unspecified atom stereocenters. The normalized spacial score (nSPS) is 23.2. The summed E-state index contributed by atoms with van der Waals surface area (Å²) >= 11 is 0. The Kier molecular flexibility index (Phi) is 6.93. The van der Waals surface area contributed by atoms with Crippen LogP contribution in [0.15, 0.2) is 30.3 Å². The average molecular weight is 275 g/mol. The first-order valence-corrected chi connectivity index (χ1v) is 8.29. The van der Waals surface area contributed by atoms with Crippen molar-refractivity contribution in [1.82, 2.24) is 5.32 Å². The van der Waals surface area contributed by atoms with E-state index in [1.807, 2.05) is 30.3 Å². The fraction of sp³-hybridized carbons (Fsp3) is 0.667. The molecule has 1 saturated carbocycles. The molecule has 2 heteroatoms. The Balaban J connectivity index is 1.60. The first kappa shape index (κ1) is 15.4. The van der Waals surface area contributed by atoms with Crippen LogP contribution in [-0.4, -0.2) is 19.2 Å². The number of hydrogen-bond acceptors (Lipinski definition) is 2. The van der Waals surface area contributed by atoms with Gasteiger partial charge in [-0.1, -0.05) is 50.8 Å². The molecule has 0 spiro atoms. The summed E-state index contributed by atoms with van der Waals surface area (Å²) in [5.74, 6) is 1.95. The zero-order chi connectivity index (χ0) is 14.0. The lowest BCUT2D eigenvalue weighted by molar-refractivity contribution is 0.299. The van der Waals surface area contributed by atoms with Gasteiger partial charge in [0, 0.05) is 12.6 Å². The highest BCUT2D eigenvalue weighted by atomic mass is 16.5. The van der Waals surface area contributed by atoms with Gasteiger partial charge in [-0.25, -0.2) is 0 Å². The molecule has 2 rings (SSSR count). The summed E-state index contributed by atoms with van der Waals surface area (Å²) in [5.41, 5.74) is 0. The van der Waals surface area contributed by atoms with Gasteiger partial charge in [-0.15, -0.1) is 0 Å². The van der Waals surface area contributed by atoms with Gasteiger partial charge in [-0.05, 0) is 37.3 Å². The van der Waals surface area contributed by atoms with Gasteiger partial charge in [0.25, 0.3) is 0 Å². The molecule has 2 atom stereocenters. The molecule has 1 aliphatic rings. The third kappa shape index (κ3) is 5.54. The number of ether oxygens (including phenoxy) is 1. The quantitative estimate of drug-likeness (QED) is 0.588. The van der Waals surface area contributed by atoms with Crippen molar-refractivity contribution in [3.8, 4) is 5.75 Å². The lowest BCUT2D eigenvalue weighted by Gasteiger charge is -2.17. The molecule has 0 bridgehead atoms. The highest BCUT2D eigenvalue weighted by Gasteiger charge is 2.17. The van der Waals surface area contributed by atoms with E-state index in [0.29, 0.717) is 6.04 Å². The summed E-state index contributed by atoms with van der Waals surface area (Å²) < 4.78 is 5.73. The summed E-state index contributed by atoms with van der Waals surface area (Å²) in [6, 6.07) is 10.8. The highest BCUT2D eigenvalue weighted by molar-refractivity contribution is 5.20. The van der Waals surface area contributed by atoms with Crippen molar-refractivity contribution < 1.29 is 4.74 Å². The van der Waals surface area contributed by atoms with Crippen molar-refractivity contribution in [3.63, 3.8) is 0 Å². The molecule has 20 heavy (non-hydrogen) atoms. The second-order valence-corrected chi connectivity index (χ2v) is 5.98. The Labute approximate surface area is 123 Å². The van der Waals surface area contributed by atoms with Crippen LogP contribution >= 0.6 is 0 Å². The van der Waals surface area contributed by atoms with Crippen molar-refractivity contribution in [3.05, 3.63) is 30.3 Å². The maximum absolute atomic E-state index is 5.73. The van der Waals surface area contributed by atoms with E-state index in [0.717, 1.165) is 24.8 Å². The van der Waals surface area contributed by atoms with Crippen LogP contribution in [0.3, 0.4) is 0 Å². The third-order valence-electron chi connectivity index (χ3n) is 4.33. The van der Waals surface area contributed by atoms with Crippen LogP contribution in [0.4, 0.5) is 0 Å². The average Bonchev–Trinajstić information content (AvgIpc) is 2.71. The maximum atomic E-state index is 5.73. The smallest absolute Gasteiger partial charge is 0.119 e. The van der Waals surface area contributed by atoms with E-state index in [1.165, 1.54) is 44.9 Å². The number of nitrogens with one attached hydrogen (secondary N) is 1. The van der Waals surface area contributed by atoms with Gasteiger partial charge in [0.1, 0.15) is 12.4 Å². The fourth-order valence-corrected chi connectivity index (χ4v) is 3.23. The maximum Gasteiger partial charge on any atom is 0.119 e. The second-order valence-electron chi connectivity index (χ2n) is 5.98. The van der Waals surface area contributed by atoms with E-state index in [1.54, 1.807) is 0 Å². The summed E-state index contributed by atoms with van der Waals surface area (Å²) in [6.07, 6.45) is 9.68. The van der Waals surface area contributed by atoms with E-state index >= 15 is 0 Å². The Morgan fingerprint density at radius 3 is 2.75 bits per heavy atom. The van der Waals surface area contributed by atoms with Crippen LogP contribution in [0.25, 0.3) is 0 Å². The van der Waals surface area contributed by atoms with Crippen LogP contribution < -0.4 is 10.1 Å². The standard InChI is InChI=1S/C18H29NO/c1-2-7-16-8-6-9-17(13-12-16)19-14-15-20-18-10-4-3-5-11-18/h3-5,10-11,16-17,19H,2,6-9,12-15H2,1H3. The van der Waals surface area contributed by atoms with Crippen LogP contribution in [-0.2, 0) is 0 Å². The fourth-order valence-electron chi connectivity index (χ4n) is 3.23. The van der Waals surface area contributed by atoms with Gasteiger partial charge in [-0.3, -0.25) is 0 Å². The lowest BCUT2D eigenvalue weighted by Crippen LogP contribution is -2.32. The summed E-state index contributed by atoms with van der Waals surface area (Å²) in [7, 11) is 0. The molecular weight excluding hydrogens is 246 g/mol. The predicted octanol–water partition coefficient (Wildman–Crippen LogP) is 4.40. The molecule has 1 aromatic rings. The van der Waals surface area contributed by atoms with Crippen molar-refractivity contribution in [2.75, 3.05) is 13.2 Å². The Hall–Kier alpha value is -1.02. The van der Waals surface area contributed by atoms with Gasteiger partial charge in [0.05, 0.1) is 0 Å². The molecule has 2 nitrogen and oxygen atoms in total. The highest BCUT2D eigenvalue weighted by Crippen LogP contribution is 2.26. The van der Waals surface area contributed by atoms with Gasteiger partial charge in [-0.2, -0.15) is 0 Å². The number of hydrogen-bond donors (Lipinski definition) is 1. The largest absolute Gasteiger partial charge is 0.492 e. The second kappa shape index (κ2) is 9.02. The SMILES string of the molecule is CCCC1CCCC(NCCOc2ccccc2)CC1. The van der Waals surface area contributed by atoms with E-state index in [-0.39, 0.29) is 0 Å².